The van der Waals surface area contributed by atoms with Crippen molar-refractivity contribution in [1.29, 1.82) is 10.5 Å². The molecule has 0 aromatic heterocycles. The van der Waals surface area contributed by atoms with Gasteiger partial charge in [-0.25, -0.2) is 0 Å². The molecule has 3 aliphatic carbocycles. The molecule has 70 valence electrons. The van der Waals surface area contributed by atoms with Gasteiger partial charge in [-0.3, -0.25) is 0 Å². The Balaban J connectivity index is 2.66. The van der Waals surface area contributed by atoms with E-state index in [4.69, 9.17) is 5.26 Å². The molecule has 14 heavy (non-hydrogen) atoms. The first kappa shape index (κ1) is 9.03. The van der Waals surface area contributed by atoms with Crippen LogP contribution in [0.25, 0.3) is 0 Å². The summed E-state index contributed by atoms with van der Waals surface area (Å²) in [4.78, 5) is 0. The van der Waals surface area contributed by atoms with Crippen LogP contribution in [0.4, 0.5) is 0 Å². The maximum absolute atomic E-state index is 9.19. The van der Waals surface area contributed by atoms with Crippen molar-refractivity contribution in [2.24, 2.45) is 17.3 Å². The SMILES string of the molecule is CC1CC2C=CC1=C(C#N)C2(C)C#N. The molecule has 3 atom stereocenters. The van der Waals surface area contributed by atoms with Gasteiger partial charge in [0.2, 0.25) is 0 Å². The van der Waals surface area contributed by atoms with Gasteiger partial charge in [-0.05, 0) is 24.8 Å². The molecule has 2 bridgehead atoms. The summed E-state index contributed by atoms with van der Waals surface area (Å²) in [5.41, 5.74) is 1.18. The first-order valence-electron chi connectivity index (χ1n) is 4.87. The van der Waals surface area contributed by atoms with Crippen LogP contribution in [0.1, 0.15) is 20.3 Å². The molecule has 0 radical (unpaired) electrons. The number of rotatable bonds is 0. The Bertz CT molecular complexity index is 417. The summed E-state index contributed by atoms with van der Waals surface area (Å²) in [5.74, 6) is 0.649. The molecule has 0 heterocycles. The lowest BCUT2D eigenvalue weighted by molar-refractivity contribution is 0.294. The second-order valence-corrected chi connectivity index (χ2v) is 4.36. The van der Waals surface area contributed by atoms with Crippen molar-refractivity contribution in [3.63, 3.8) is 0 Å². The second kappa shape index (κ2) is 2.72. The number of allylic oxidation sites excluding steroid dienone is 4. The lowest BCUT2D eigenvalue weighted by Crippen LogP contribution is -2.36. The molecule has 2 nitrogen and oxygen atoms in total. The second-order valence-electron chi connectivity index (χ2n) is 4.36. The standard InChI is InChI=1S/C12H12N2/c1-8-5-9-3-4-10(8)11(6-13)12(9,2)7-14/h3-4,8-9H,5H2,1-2H3. The van der Waals surface area contributed by atoms with Gasteiger partial charge in [-0.1, -0.05) is 19.1 Å². The predicted octanol–water partition coefficient (Wildman–Crippen LogP) is 2.56. The summed E-state index contributed by atoms with van der Waals surface area (Å²) in [6, 6.07) is 4.51. The monoisotopic (exact) mass is 184 g/mol. The zero-order chi connectivity index (χ0) is 10.3. The van der Waals surface area contributed by atoms with Gasteiger partial charge in [0, 0.05) is 5.92 Å². The van der Waals surface area contributed by atoms with Crippen LogP contribution in [0.15, 0.2) is 23.3 Å². The fraction of sp³-hybridized carbons (Fsp3) is 0.500. The van der Waals surface area contributed by atoms with Gasteiger partial charge in [0.25, 0.3) is 0 Å². The summed E-state index contributed by atoms with van der Waals surface area (Å²) in [5, 5.41) is 18.3. The van der Waals surface area contributed by atoms with Crippen LogP contribution in [-0.4, -0.2) is 0 Å². The highest BCUT2D eigenvalue weighted by Gasteiger charge is 2.45. The van der Waals surface area contributed by atoms with E-state index < -0.39 is 5.41 Å². The highest BCUT2D eigenvalue weighted by molar-refractivity contribution is 5.51. The molecule has 3 aliphatic rings. The fourth-order valence-corrected chi connectivity index (χ4v) is 2.53. The maximum atomic E-state index is 9.19. The highest BCUT2D eigenvalue weighted by Crippen LogP contribution is 2.50. The molecule has 0 saturated carbocycles. The van der Waals surface area contributed by atoms with E-state index in [1.54, 1.807) is 0 Å². The number of nitriles is 2. The van der Waals surface area contributed by atoms with E-state index in [9.17, 15) is 5.26 Å². The fourth-order valence-electron chi connectivity index (χ4n) is 2.53. The third-order valence-electron chi connectivity index (χ3n) is 3.54. The summed E-state index contributed by atoms with van der Waals surface area (Å²) in [7, 11) is 0. The molecular weight excluding hydrogens is 172 g/mol. The summed E-state index contributed by atoms with van der Waals surface area (Å²) in [6.07, 6.45) is 5.11. The minimum absolute atomic E-state index is 0.217. The quantitative estimate of drug-likeness (QED) is 0.580. The Hall–Kier alpha value is -1.54. The van der Waals surface area contributed by atoms with Crippen molar-refractivity contribution in [2.75, 3.05) is 0 Å². The van der Waals surface area contributed by atoms with E-state index in [2.05, 4.69) is 25.1 Å². The van der Waals surface area contributed by atoms with Gasteiger partial charge < -0.3 is 0 Å². The molecular formula is C12H12N2. The Kier molecular flexibility index (Phi) is 1.76. The minimum Gasteiger partial charge on any atom is -0.197 e. The molecule has 0 aromatic carbocycles. The number of hydrogen-bond donors (Lipinski definition) is 0. The molecule has 0 spiro atoms. The van der Waals surface area contributed by atoms with Gasteiger partial charge in [-0.15, -0.1) is 0 Å². The Morgan fingerprint density at radius 3 is 2.71 bits per heavy atom. The van der Waals surface area contributed by atoms with Crippen LogP contribution in [0, 0.1) is 39.9 Å². The van der Waals surface area contributed by atoms with Gasteiger partial charge in [0.05, 0.1) is 23.1 Å². The molecule has 0 N–H and O–H groups in total. The van der Waals surface area contributed by atoms with Gasteiger partial charge >= 0.3 is 0 Å². The predicted molar refractivity (Wildman–Crippen MR) is 52.8 cm³/mol. The zero-order valence-corrected chi connectivity index (χ0v) is 8.41. The van der Waals surface area contributed by atoms with E-state index in [0.29, 0.717) is 11.5 Å². The number of fused-ring (bicyclic) bond motifs is 2. The highest BCUT2D eigenvalue weighted by atomic mass is 14.5. The van der Waals surface area contributed by atoms with Crippen LogP contribution in [0.2, 0.25) is 0 Å². The smallest absolute Gasteiger partial charge is 0.0967 e. The minimum atomic E-state index is -0.578. The largest absolute Gasteiger partial charge is 0.197 e. The van der Waals surface area contributed by atoms with Crippen molar-refractivity contribution < 1.29 is 0 Å². The summed E-state index contributed by atoms with van der Waals surface area (Å²) in [6.45, 7) is 4.01. The summed E-state index contributed by atoms with van der Waals surface area (Å²) < 4.78 is 0. The van der Waals surface area contributed by atoms with Crippen molar-refractivity contribution in [3.8, 4) is 12.1 Å². The topological polar surface area (TPSA) is 47.6 Å². The van der Waals surface area contributed by atoms with Crippen LogP contribution >= 0.6 is 0 Å². The molecule has 0 aromatic rings. The third-order valence-corrected chi connectivity index (χ3v) is 3.54. The van der Waals surface area contributed by atoms with Crippen LogP contribution in [0.5, 0.6) is 0 Å². The van der Waals surface area contributed by atoms with Crippen molar-refractivity contribution in [2.45, 2.75) is 20.3 Å². The summed E-state index contributed by atoms with van der Waals surface area (Å²) >= 11 is 0. The van der Waals surface area contributed by atoms with Crippen LogP contribution in [0.3, 0.4) is 0 Å². The Morgan fingerprint density at radius 1 is 1.50 bits per heavy atom. The molecule has 0 amide bonds. The van der Waals surface area contributed by atoms with E-state index >= 15 is 0 Å². The van der Waals surface area contributed by atoms with E-state index in [0.717, 1.165) is 12.0 Å². The number of hydrogen-bond acceptors (Lipinski definition) is 2. The third kappa shape index (κ3) is 0.888. The average Bonchev–Trinajstić information content (AvgIpc) is 2.20. The molecule has 0 aliphatic heterocycles. The first-order chi connectivity index (χ1) is 6.63. The van der Waals surface area contributed by atoms with Gasteiger partial charge in [0.15, 0.2) is 0 Å². The average molecular weight is 184 g/mol. The lowest BCUT2D eigenvalue weighted by Gasteiger charge is -2.41. The van der Waals surface area contributed by atoms with Crippen molar-refractivity contribution in [3.05, 3.63) is 23.3 Å². The number of nitrogens with zero attached hydrogens (tertiary/aromatic N) is 2. The zero-order valence-electron chi connectivity index (χ0n) is 8.41. The Morgan fingerprint density at radius 2 is 2.21 bits per heavy atom. The molecule has 3 rings (SSSR count). The van der Waals surface area contributed by atoms with E-state index in [1.807, 2.05) is 13.0 Å². The van der Waals surface area contributed by atoms with Gasteiger partial charge in [-0.2, -0.15) is 10.5 Å². The Labute approximate surface area is 84.1 Å². The van der Waals surface area contributed by atoms with Crippen LogP contribution < -0.4 is 0 Å². The normalized spacial score (nSPS) is 39.4. The lowest BCUT2D eigenvalue weighted by atomic mass is 9.59. The molecule has 3 unspecified atom stereocenters. The van der Waals surface area contributed by atoms with E-state index in [-0.39, 0.29) is 5.92 Å². The van der Waals surface area contributed by atoms with Crippen molar-refractivity contribution in [1.82, 2.24) is 0 Å². The van der Waals surface area contributed by atoms with E-state index in [1.165, 1.54) is 0 Å². The molecule has 0 fully saturated rings. The first-order valence-corrected chi connectivity index (χ1v) is 4.87. The molecule has 0 saturated heterocycles. The van der Waals surface area contributed by atoms with Crippen molar-refractivity contribution >= 4 is 0 Å². The van der Waals surface area contributed by atoms with Crippen LogP contribution in [-0.2, 0) is 0 Å². The molecule has 2 heteroatoms. The maximum Gasteiger partial charge on any atom is 0.0967 e. The van der Waals surface area contributed by atoms with Gasteiger partial charge in [0.1, 0.15) is 0 Å².